The number of aromatic hydroxyl groups is 1. The Morgan fingerprint density at radius 3 is 2.50 bits per heavy atom. The number of hydrogen-bond acceptors (Lipinski definition) is 3. The van der Waals surface area contributed by atoms with Gasteiger partial charge in [0.2, 0.25) is 0 Å². The van der Waals surface area contributed by atoms with Gasteiger partial charge in [-0.2, -0.15) is 0 Å². The summed E-state index contributed by atoms with van der Waals surface area (Å²) >= 11 is 0. The Hall–Kier alpha value is -2.88. The molecule has 0 atom stereocenters. The quantitative estimate of drug-likeness (QED) is 0.516. The molecule has 0 bridgehead atoms. The van der Waals surface area contributed by atoms with E-state index in [-0.39, 0.29) is 11.3 Å². The molecule has 1 N–H and O–H groups in total. The van der Waals surface area contributed by atoms with Crippen LogP contribution in [0.3, 0.4) is 0 Å². The molecule has 2 aromatic rings. The van der Waals surface area contributed by atoms with Crippen molar-refractivity contribution in [3.05, 3.63) is 77.6 Å². The van der Waals surface area contributed by atoms with Crippen molar-refractivity contribution in [3.63, 3.8) is 0 Å². The Bertz CT molecular complexity index is 716. The lowest BCUT2D eigenvalue weighted by Crippen LogP contribution is -1.97. The Balaban J connectivity index is 2.01. The monoisotopic (exact) mass is 298 g/mol. The molecule has 0 saturated heterocycles. The predicted octanol–water partition coefficient (Wildman–Crippen LogP) is 3.99. The van der Waals surface area contributed by atoms with Crippen LogP contribution in [0.2, 0.25) is 0 Å². The van der Waals surface area contributed by atoms with Gasteiger partial charge in [0, 0.05) is 6.07 Å². The second-order valence-corrected chi connectivity index (χ2v) is 4.52. The van der Waals surface area contributed by atoms with E-state index in [0.29, 0.717) is 0 Å². The third-order valence-corrected chi connectivity index (χ3v) is 2.98. The van der Waals surface area contributed by atoms with Gasteiger partial charge in [0.1, 0.15) is 17.3 Å². The maximum Gasteiger partial charge on any atom is 0.188 e. The Kier molecular flexibility index (Phi) is 5.09. The normalized spacial score (nSPS) is 11.2. The van der Waals surface area contributed by atoms with Gasteiger partial charge in [-0.25, -0.2) is 4.39 Å². The van der Waals surface area contributed by atoms with Crippen LogP contribution in [-0.4, -0.2) is 18.0 Å². The summed E-state index contributed by atoms with van der Waals surface area (Å²) in [6.07, 6.45) is 6.32. The number of allylic oxidation sites excluding steroid dienone is 3. The van der Waals surface area contributed by atoms with E-state index in [4.69, 9.17) is 9.84 Å². The molecule has 0 aliphatic carbocycles. The minimum Gasteiger partial charge on any atom is -0.508 e. The zero-order valence-corrected chi connectivity index (χ0v) is 12.0. The van der Waals surface area contributed by atoms with Crippen LogP contribution in [0.1, 0.15) is 15.9 Å². The van der Waals surface area contributed by atoms with Crippen LogP contribution in [-0.2, 0) is 0 Å². The van der Waals surface area contributed by atoms with Crippen molar-refractivity contribution >= 4 is 11.9 Å². The SMILES string of the molecule is COc1ccc(/C=C/C=C/C(=O)c2ccc(O)cc2F)cc1. The zero-order chi connectivity index (χ0) is 15.9. The molecule has 112 valence electrons. The van der Waals surface area contributed by atoms with Crippen molar-refractivity contribution in [2.45, 2.75) is 0 Å². The van der Waals surface area contributed by atoms with E-state index in [1.54, 1.807) is 19.3 Å². The third-order valence-electron chi connectivity index (χ3n) is 2.98. The van der Waals surface area contributed by atoms with Crippen LogP contribution in [0, 0.1) is 5.82 Å². The van der Waals surface area contributed by atoms with Gasteiger partial charge >= 0.3 is 0 Å². The van der Waals surface area contributed by atoms with Gasteiger partial charge in [-0.1, -0.05) is 30.4 Å². The van der Waals surface area contributed by atoms with Crippen LogP contribution in [0.15, 0.2) is 60.7 Å². The Morgan fingerprint density at radius 2 is 1.86 bits per heavy atom. The predicted molar refractivity (Wildman–Crippen MR) is 83.6 cm³/mol. The second kappa shape index (κ2) is 7.22. The van der Waals surface area contributed by atoms with Crippen molar-refractivity contribution in [1.29, 1.82) is 0 Å². The third kappa shape index (κ3) is 4.06. The van der Waals surface area contributed by atoms with E-state index in [9.17, 15) is 9.18 Å². The first-order valence-corrected chi connectivity index (χ1v) is 6.62. The highest BCUT2D eigenvalue weighted by Crippen LogP contribution is 2.16. The van der Waals surface area contributed by atoms with Crippen molar-refractivity contribution in [2.24, 2.45) is 0 Å². The van der Waals surface area contributed by atoms with Crippen molar-refractivity contribution in [3.8, 4) is 11.5 Å². The molecule has 0 fully saturated rings. The van der Waals surface area contributed by atoms with Crippen molar-refractivity contribution in [2.75, 3.05) is 7.11 Å². The smallest absolute Gasteiger partial charge is 0.188 e. The van der Waals surface area contributed by atoms with E-state index < -0.39 is 11.6 Å². The number of phenolic OH excluding ortho intramolecular Hbond substituents is 1. The summed E-state index contributed by atoms with van der Waals surface area (Å²) in [6.45, 7) is 0. The molecule has 0 radical (unpaired) electrons. The van der Waals surface area contributed by atoms with Crippen LogP contribution in [0.5, 0.6) is 11.5 Å². The topological polar surface area (TPSA) is 46.5 Å². The van der Waals surface area contributed by atoms with Gasteiger partial charge in [-0.3, -0.25) is 4.79 Å². The lowest BCUT2D eigenvalue weighted by molar-refractivity contribution is 0.104. The highest BCUT2D eigenvalue weighted by atomic mass is 19.1. The molecule has 0 aliphatic heterocycles. The summed E-state index contributed by atoms with van der Waals surface area (Å²) in [5, 5.41) is 9.11. The molecule has 2 aromatic carbocycles. The molecule has 0 aliphatic rings. The van der Waals surface area contributed by atoms with Gasteiger partial charge in [0.05, 0.1) is 12.7 Å². The van der Waals surface area contributed by atoms with Gasteiger partial charge < -0.3 is 9.84 Å². The van der Waals surface area contributed by atoms with Crippen LogP contribution in [0.4, 0.5) is 4.39 Å². The summed E-state index contributed by atoms with van der Waals surface area (Å²) < 4.78 is 18.6. The number of phenols is 1. The number of carbonyl (C=O) groups excluding carboxylic acids is 1. The minimum absolute atomic E-state index is 0.0769. The van der Waals surface area contributed by atoms with E-state index >= 15 is 0 Å². The molecule has 0 amide bonds. The minimum atomic E-state index is -0.742. The summed E-state index contributed by atoms with van der Waals surface area (Å²) in [4.78, 5) is 11.8. The number of methoxy groups -OCH3 is 1. The first-order valence-electron chi connectivity index (χ1n) is 6.62. The lowest BCUT2D eigenvalue weighted by atomic mass is 10.1. The fourth-order valence-corrected chi connectivity index (χ4v) is 1.82. The summed E-state index contributed by atoms with van der Waals surface area (Å²) in [6, 6.07) is 10.9. The summed E-state index contributed by atoms with van der Waals surface area (Å²) in [7, 11) is 1.60. The molecule has 2 rings (SSSR count). The summed E-state index contributed by atoms with van der Waals surface area (Å²) in [5.41, 5.74) is 0.876. The standard InChI is InChI=1S/C18H15FO3/c1-22-15-9-6-13(7-10-15)4-2-3-5-18(21)16-11-8-14(20)12-17(16)19/h2-12,20H,1H3/b4-2+,5-3+. The second-order valence-electron chi connectivity index (χ2n) is 4.52. The van der Waals surface area contributed by atoms with Crippen LogP contribution >= 0.6 is 0 Å². The molecule has 0 spiro atoms. The molecule has 4 heteroatoms. The first-order chi connectivity index (χ1) is 10.6. The molecule has 3 nitrogen and oxygen atoms in total. The maximum atomic E-state index is 13.5. The number of carbonyl (C=O) groups is 1. The lowest BCUT2D eigenvalue weighted by Gasteiger charge is -1.99. The molecular formula is C18H15FO3. The average Bonchev–Trinajstić information content (AvgIpc) is 2.52. The van der Waals surface area contributed by atoms with E-state index in [1.807, 2.05) is 30.3 Å². The Morgan fingerprint density at radius 1 is 1.14 bits per heavy atom. The van der Waals surface area contributed by atoms with Crippen LogP contribution in [0.25, 0.3) is 6.08 Å². The number of benzene rings is 2. The molecule has 0 aromatic heterocycles. The zero-order valence-electron chi connectivity index (χ0n) is 12.0. The fraction of sp³-hybridized carbons (Fsp3) is 0.0556. The number of halogens is 1. The Labute approximate surface area is 128 Å². The number of ketones is 1. The van der Waals surface area contributed by atoms with Gasteiger partial charge in [0.25, 0.3) is 0 Å². The van der Waals surface area contributed by atoms with Gasteiger partial charge in [-0.05, 0) is 35.9 Å². The molecule has 0 saturated carbocycles. The number of ether oxygens (including phenoxy) is 1. The average molecular weight is 298 g/mol. The van der Waals surface area contributed by atoms with Gasteiger partial charge in [0.15, 0.2) is 5.78 Å². The highest BCUT2D eigenvalue weighted by molar-refractivity contribution is 6.04. The van der Waals surface area contributed by atoms with Gasteiger partial charge in [-0.15, -0.1) is 0 Å². The summed E-state index contributed by atoms with van der Waals surface area (Å²) in [5.74, 6) is -0.645. The molecular weight excluding hydrogens is 283 g/mol. The fourth-order valence-electron chi connectivity index (χ4n) is 1.82. The molecule has 0 heterocycles. The highest BCUT2D eigenvalue weighted by Gasteiger charge is 2.08. The maximum absolute atomic E-state index is 13.5. The van der Waals surface area contributed by atoms with E-state index in [0.717, 1.165) is 17.4 Å². The van der Waals surface area contributed by atoms with Crippen molar-refractivity contribution < 1.29 is 19.0 Å². The number of hydrogen-bond donors (Lipinski definition) is 1. The van der Waals surface area contributed by atoms with Crippen molar-refractivity contribution in [1.82, 2.24) is 0 Å². The molecule has 22 heavy (non-hydrogen) atoms. The number of rotatable bonds is 5. The van der Waals surface area contributed by atoms with E-state index in [1.165, 1.54) is 18.2 Å². The molecule has 0 unspecified atom stereocenters. The van der Waals surface area contributed by atoms with E-state index in [2.05, 4.69) is 0 Å². The van der Waals surface area contributed by atoms with Crippen LogP contribution < -0.4 is 4.74 Å². The largest absolute Gasteiger partial charge is 0.508 e. The first kappa shape index (κ1) is 15.5.